The summed E-state index contributed by atoms with van der Waals surface area (Å²) in [5.41, 5.74) is 0.950. The molecule has 5 heteroatoms. The zero-order chi connectivity index (χ0) is 15.8. The summed E-state index contributed by atoms with van der Waals surface area (Å²) >= 11 is 5.97. The summed E-state index contributed by atoms with van der Waals surface area (Å²) in [4.78, 5) is 10.8. The van der Waals surface area contributed by atoms with Crippen molar-refractivity contribution >= 4 is 23.0 Å². The summed E-state index contributed by atoms with van der Waals surface area (Å²) in [5, 5.41) is 14.8. The molecule has 1 aliphatic carbocycles. The van der Waals surface area contributed by atoms with Crippen LogP contribution in [0.2, 0.25) is 5.02 Å². The molecule has 0 radical (unpaired) electrons. The van der Waals surface area contributed by atoms with Crippen molar-refractivity contribution in [2.45, 2.75) is 53.0 Å². The van der Waals surface area contributed by atoms with Crippen molar-refractivity contribution < 1.29 is 4.92 Å². The Hall–Kier alpha value is -1.29. The maximum absolute atomic E-state index is 11.2. The highest BCUT2D eigenvalue weighted by atomic mass is 35.5. The van der Waals surface area contributed by atoms with Gasteiger partial charge in [0.15, 0.2) is 0 Å². The van der Waals surface area contributed by atoms with Crippen molar-refractivity contribution in [3.8, 4) is 0 Å². The first-order valence-electron chi connectivity index (χ1n) is 7.29. The molecule has 0 spiro atoms. The Morgan fingerprint density at radius 2 is 1.81 bits per heavy atom. The fourth-order valence-corrected chi connectivity index (χ4v) is 4.23. The van der Waals surface area contributed by atoms with E-state index in [9.17, 15) is 10.1 Å². The van der Waals surface area contributed by atoms with Crippen molar-refractivity contribution in [2.24, 2.45) is 10.8 Å². The molecule has 21 heavy (non-hydrogen) atoms. The van der Waals surface area contributed by atoms with E-state index in [-0.39, 0.29) is 27.6 Å². The Balaban J connectivity index is 2.26. The largest absolute Gasteiger partial charge is 0.377 e. The average molecular weight is 311 g/mol. The molecule has 1 fully saturated rings. The molecule has 1 saturated carbocycles. The molecule has 2 rings (SSSR count). The molecular weight excluding hydrogens is 288 g/mol. The molecule has 0 amide bonds. The number of para-hydroxylation sites is 1. The Morgan fingerprint density at radius 3 is 2.33 bits per heavy atom. The van der Waals surface area contributed by atoms with Gasteiger partial charge in [0.1, 0.15) is 10.7 Å². The zero-order valence-corrected chi connectivity index (χ0v) is 13.8. The van der Waals surface area contributed by atoms with Gasteiger partial charge in [-0.2, -0.15) is 0 Å². The van der Waals surface area contributed by atoms with Crippen LogP contribution in [0.15, 0.2) is 18.2 Å². The molecule has 0 aliphatic heterocycles. The molecule has 0 atom stereocenters. The van der Waals surface area contributed by atoms with Gasteiger partial charge in [0.25, 0.3) is 0 Å². The summed E-state index contributed by atoms with van der Waals surface area (Å²) in [7, 11) is 0. The predicted octanol–water partition coefficient (Wildman–Crippen LogP) is 5.27. The minimum absolute atomic E-state index is 0.0275. The summed E-state index contributed by atoms with van der Waals surface area (Å²) in [5.74, 6) is 0. The first kappa shape index (κ1) is 16.1. The van der Waals surface area contributed by atoms with Crippen LogP contribution in [-0.2, 0) is 0 Å². The zero-order valence-electron chi connectivity index (χ0n) is 13.1. The average Bonchev–Trinajstić information content (AvgIpc) is 2.23. The van der Waals surface area contributed by atoms with Crippen LogP contribution in [0.4, 0.5) is 11.4 Å². The molecule has 1 aliphatic rings. The van der Waals surface area contributed by atoms with Gasteiger partial charge in [-0.3, -0.25) is 10.1 Å². The molecule has 1 N–H and O–H groups in total. The number of nitro benzene ring substituents is 1. The van der Waals surface area contributed by atoms with Gasteiger partial charge in [-0.15, -0.1) is 0 Å². The maximum atomic E-state index is 11.2. The van der Waals surface area contributed by atoms with E-state index in [1.165, 1.54) is 0 Å². The number of nitro groups is 1. The Bertz CT molecular complexity index is 539. The standard InChI is InChI=1S/C16H23ClN2O2/c1-15(2)8-11(9-16(3,4)10-15)18-13-7-5-6-12(17)14(13)19(20)21/h5-7,11,18H,8-10H2,1-4H3. The van der Waals surface area contributed by atoms with E-state index >= 15 is 0 Å². The highest BCUT2D eigenvalue weighted by molar-refractivity contribution is 6.33. The normalized spacial score (nSPS) is 21.0. The van der Waals surface area contributed by atoms with Gasteiger partial charge in [-0.1, -0.05) is 45.4 Å². The summed E-state index contributed by atoms with van der Waals surface area (Å²) in [6, 6.07) is 5.26. The topological polar surface area (TPSA) is 55.2 Å². The third-order valence-electron chi connectivity index (χ3n) is 4.08. The quantitative estimate of drug-likeness (QED) is 0.611. The number of benzene rings is 1. The lowest BCUT2D eigenvalue weighted by atomic mass is 9.63. The lowest BCUT2D eigenvalue weighted by Crippen LogP contribution is -2.40. The van der Waals surface area contributed by atoms with Crippen LogP contribution in [0, 0.1) is 20.9 Å². The van der Waals surface area contributed by atoms with Crippen LogP contribution in [0.3, 0.4) is 0 Å². The second-order valence-corrected chi connectivity index (χ2v) is 8.06. The highest BCUT2D eigenvalue weighted by Gasteiger charge is 2.39. The highest BCUT2D eigenvalue weighted by Crippen LogP contribution is 2.47. The summed E-state index contributed by atoms with van der Waals surface area (Å²) in [6.07, 6.45) is 3.16. The molecule has 4 nitrogen and oxygen atoms in total. The Morgan fingerprint density at radius 1 is 1.24 bits per heavy atom. The Kier molecular flexibility index (Phi) is 4.20. The van der Waals surface area contributed by atoms with Crippen molar-refractivity contribution in [1.29, 1.82) is 0 Å². The fourth-order valence-electron chi connectivity index (χ4n) is 3.99. The molecule has 1 aromatic rings. The van der Waals surface area contributed by atoms with Crippen molar-refractivity contribution in [3.05, 3.63) is 33.3 Å². The van der Waals surface area contributed by atoms with Crippen LogP contribution in [0.1, 0.15) is 47.0 Å². The number of halogens is 1. The van der Waals surface area contributed by atoms with Crippen LogP contribution in [0.25, 0.3) is 0 Å². The lowest BCUT2D eigenvalue weighted by Gasteiger charge is -2.45. The minimum Gasteiger partial charge on any atom is -0.377 e. The smallest absolute Gasteiger partial charge is 0.310 e. The van der Waals surface area contributed by atoms with E-state index < -0.39 is 4.92 Å². The molecule has 1 aromatic carbocycles. The second kappa shape index (κ2) is 5.48. The van der Waals surface area contributed by atoms with Gasteiger partial charge in [-0.05, 0) is 42.2 Å². The third-order valence-corrected chi connectivity index (χ3v) is 4.39. The van der Waals surface area contributed by atoms with E-state index in [4.69, 9.17) is 11.6 Å². The van der Waals surface area contributed by atoms with Crippen molar-refractivity contribution in [2.75, 3.05) is 5.32 Å². The van der Waals surface area contributed by atoms with E-state index in [0.29, 0.717) is 5.69 Å². The SMILES string of the molecule is CC1(C)CC(Nc2cccc(Cl)c2[N+](=O)[O-])CC(C)(C)C1. The summed E-state index contributed by atoms with van der Waals surface area (Å²) in [6.45, 7) is 9.04. The number of hydrogen-bond acceptors (Lipinski definition) is 3. The molecule has 0 unspecified atom stereocenters. The van der Waals surface area contributed by atoms with Gasteiger partial charge >= 0.3 is 5.69 Å². The van der Waals surface area contributed by atoms with E-state index in [1.807, 2.05) is 0 Å². The van der Waals surface area contributed by atoms with Crippen molar-refractivity contribution in [3.63, 3.8) is 0 Å². The fraction of sp³-hybridized carbons (Fsp3) is 0.625. The van der Waals surface area contributed by atoms with Crippen LogP contribution >= 0.6 is 11.6 Å². The monoisotopic (exact) mass is 310 g/mol. The summed E-state index contributed by atoms with van der Waals surface area (Å²) < 4.78 is 0. The van der Waals surface area contributed by atoms with Crippen LogP contribution in [0.5, 0.6) is 0 Å². The molecule has 116 valence electrons. The molecule has 0 aromatic heterocycles. The first-order chi connectivity index (χ1) is 9.60. The van der Waals surface area contributed by atoms with Gasteiger partial charge < -0.3 is 5.32 Å². The number of nitrogens with one attached hydrogen (secondary N) is 1. The third kappa shape index (κ3) is 3.88. The maximum Gasteiger partial charge on any atom is 0.310 e. The number of nitrogens with zero attached hydrogens (tertiary/aromatic N) is 1. The molecule has 0 bridgehead atoms. The van der Waals surface area contributed by atoms with Crippen LogP contribution in [-0.4, -0.2) is 11.0 Å². The Labute approximate surface area is 131 Å². The number of anilines is 1. The van der Waals surface area contributed by atoms with E-state index in [0.717, 1.165) is 19.3 Å². The van der Waals surface area contributed by atoms with Crippen LogP contribution < -0.4 is 5.32 Å². The van der Waals surface area contributed by atoms with E-state index in [1.54, 1.807) is 18.2 Å². The van der Waals surface area contributed by atoms with Gasteiger partial charge in [0.05, 0.1) is 4.92 Å². The lowest BCUT2D eigenvalue weighted by molar-refractivity contribution is -0.383. The predicted molar refractivity (Wildman–Crippen MR) is 86.9 cm³/mol. The van der Waals surface area contributed by atoms with E-state index in [2.05, 4.69) is 33.0 Å². The molecular formula is C16H23ClN2O2. The van der Waals surface area contributed by atoms with Crippen molar-refractivity contribution in [1.82, 2.24) is 0 Å². The van der Waals surface area contributed by atoms with Gasteiger partial charge in [0.2, 0.25) is 0 Å². The second-order valence-electron chi connectivity index (χ2n) is 7.65. The minimum atomic E-state index is -0.413. The van der Waals surface area contributed by atoms with Gasteiger partial charge in [-0.25, -0.2) is 0 Å². The van der Waals surface area contributed by atoms with Gasteiger partial charge in [0, 0.05) is 6.04 Å². The molecule has 0 heterocycles. The molecule has 0 saturated heterocycles. The number of rotatable bonds is 3. The number of hydrogen-bond donors (Lipinski definition) is 1. The first-order valence-corrected chi connectivity index (χ1v) is 7.67.